The number of fused-ring (bicyclic) bond motifs is 1. The van der Waals surface area contributed by atoms with Gasteiger partial charge < -0.3 is 10.0 Å². The van der Waals surface area contributed by atoms with E-state index in [1.165, 1.54) is 0 Å². The Morgan fingerprint density at radius 3 is 2.81 bits per heavy atom. The summed E-state index contributed by atoms with van der Waals surface area (Å²) in [6.07, 6.45) is 4.36. The summed E-state index contributed by atoms with van der Waals surface area (Å²) >= 11 is 0. The van der Waals surface area contributed by atoms with Gasteiger partial charge in [-0.1, -0.05) is 31.0 Å². The number of hydrogen-bond donors (Lipinski definition) is 1. The maximum atomic E-state index is 12.9. The summed E-state index contributed by atoms with van der Waals surface area (Å²) in [5, 5.41) is 14.6. The number of aryl methyl sites for hydroxylation is 1. The fourth-order valence-corrected chi connectivity index (χ4v) is 3.28. The molecular formula is C16H21N3O2. The van der Waals surface area contributed by atoms with Crippen LogP contribution in [0.5, 0.6) is 0 Å². The van der Waals surface area contributed by atoms with Gasteiger partial charge in [-0.3, -0.25) is 9.48 Å². The van der Waals surface area contributed by atoms with E-state index in [4.69, 9.17) is 0 Å². The molecule has 1 fully saturated rings. The van der Waals surface area contributed by atoms with E-state index in [1.54, 1.807) is 4.68 Å². The number of benzene rings is 1. The van der Waals surface area contributed by atoms with Gasteiger partial charge in [0.1, 0.15) is 0 Å². The standard InChI is InChI=1S/C16H21N3O2/c1-18-14-9-5-4-8-13(14)15(17-18)16(21)19(10-11-20)12-6-2-3-7-12/h4-5,8-9,12,20H,2-3,6-7,10-11H2,1H3. The van der Waals surface area contributed by atoms with Crippen molar-refractivity contribution < 1.29 is 9.90 Å². The molecular weight excluding hydrogens is 266 g/mol. The minimum absolute atomic E-state index is 0.00694. The van der Waals surface area contributed by atoms with Gasteiger partial charge in [-0.25, -0.2) is 0 Å². The minimum atomic E-state index is -0.0623. The topological polar surface area (TPSA) is 58.4 Å². The quantitative estimate of drug-likeness (QED) is 0.935. The van der Waals surface area contributed by atoms with Gasteiger partial charge in [-0.05, 0) is 18.9 Å². The van der Waals surface area contributed by atoms with Crippen LogP contribution in [0.1, 0.15) is 36.2 Å². The zero-order valence-electron chi connectivity index (χ0n) is 12.3. The fraction of sp³-hybridized carbons (Fsp3) is 0.500. The molecule has 1 amide bonds. The van der Waals surface area contributed by atoms with Crippen LogP contribution in [-0.4, -0.2) is 44.9 Å². The molecule has 2 aromatic rings. The molecule has 0 unspecified atom stereocenters. The van der Waals surface area contributed by atoms with Crippen molar-refractivity contribution >= 4 is 16.8 Å². The molecule has 0 radical (unpaired) electrons. The molecule has 1 N–H and O–H groups in total. The van der Waals surface area contributed by atoms with E-state index in [9.17, 15) is 9.90 Å². The van der Waals surface area contributed by atoms with Gasteiger partial charge in [0, 0.05) is 25.0 Å². The average Bonchev–Trinajstić information content (AvgIpc) is 3.13. The molecule has 0 aliphatic heterocycles. The number of amides is 1. The summed E-state index contributed by atoms with van der Waals surface area (Å²) in [5.41, 5.74) is 1.45. The SMILES string of the molecule is Cn1nc(C(=O)N(CCO)C2CCCC2)c2ccccc21. The predicted molar refractivity (Wildman–Crippen MR) is 81.1 cm³/mol. The first-order chi connectivity index (χ1) is 10.2. The molecule has 112 valence electrons. The highest BCUT2D eigenvalue weighted by molar-refractivity contribution is 6.05. The number of carbonyl (C=O) groups is 1. The van der Waals surface area contributed by atoms with Gasteiger partial charge >= 0.3 is 0 Å². The number of aromatic nitrogens is 2. The Morgan fingerprint density at radius 2 is 2.10 bits per heavy atom. The molecule has 1 aromatic heterocycles. The number of para-hydroxylation sites is 1. The smallest absolute Gasteiger partial charge is 0.275 e. The number of hydrogen-bond acceptors (Lipinski definition) is 3. The zero-order valence-corrected chi connectivity index (χ0v) is 12.3. The molecule has 0 saturated heterocycles. The van der Waals surface area contributed by atoms with Crippen LogP contribution >= 0.6 is 0 Å². The molecule has 1 aliphatic rings. The maximum absolute atomic E-state index is 12.9. The first kappa shape index (κ1) is 14.1. The molecule has 0 atom stereocenters. The largest absolute Gasteiger partial charge is 0.395 e. The Labute approximate surface area is 124 Å². The zero-order chi connectivity index (χ0) is 14.8. The van der Waals surface area contributed by atoms with Crippen molar-refractivity contribution in [2.24, 2.45) is 7.05 Å². The number of carbonyl (C=O) groups excluding carboxylic acids is 1. The lowest BCUT2D eigenvalue weighted by molar-refractivity contribution is 0.0633. The minimum Gasteiger partial charge on any atom is -0.395 e. The highest BCUT2D eigenvalue weighted by Crippen LogP contribution is 2.26. The van der Waals surface area contributed by atoms with Crippen molar-refractivity contribution in [3.8, 4) is 0 Å². The van der Waals surface area contributed by atoms with E-state index >= 15 is 0 Å². The molecule has 0 bridgehead atoms. The van der Waals surface area contributed by atoms with Crippen molar-refractivity contribution in [3.05, 3.63) is 30.0 Å². The van der Waals surface area contributed by atoms with E-state index in [2.05, 4.69) is 5.10 Å². The number of rotatable bonds is 4. The Morgan fingerprint density at radius 1 is 1.38 bits per heavy atom. The molecule has 3 rings (SSSR count). The molecule has 5 heteroatoms. The van der Waals surface area contributed by atoms with Crippen molar-refractivity contribution in [3.63, 3.8) is 0 Å². The first-order valence-corrected chi connectivity index (χ1v) is 7.56. The van der Waals surface area contributed by atoms with Gasteiger partial charge in [0.2, 0.25) is 0 Å². The Hall–Kier alpha value is -1.88. The van der Waals surface area contributed by atoms with Crippen LogP contribution in [0.3, 0.4) is 0 Å². The number of nitrogens with zero attached hydrogens (tertiary/aromatic N) is 3. The van der Waals surface area contributed by atoms with Crippen LogP contribution in [0.4, 0.5) is 0 Å². The van der Waals surface area contributed by atoms with Crippen molar-refractivity contribution in [1.82, 2.24) is 14.7 Å². The summed E-state index contributed by atoms with van der Waals surface area (Å²) < 4.78 is 1.74. The Balaban J connectivity index is 1.97. The Kier molecular flexibility index (Phi) is 3.92. The van der Waals surface area contributed by atoms with E-state index < -0.39 is 0 Å². The predicted octanol–water partition coefficient (Wildman–Crippen LogP) is 1.95. The van der Waals surface area contributed by atoms with Crippen molar-refractivity contribution in [2.45, 2.75) is 31.7 Å². The van der Waals surface area contributed by atoms with E-state index in [-0.39, 0.29) is 18.6 Å². The highest BCUT2D eigenvalue weighted by atomic mass is 16.3. The van der Waals surface area contributed by atoms with E-state index in [1.807, 2.05) is 36.2 Å². The monoisotopic (exact) mass is 287 g/mol. The lowest BCUT2D eigenvalue weighted by Crippen LogP contribution is -2.41. The van der Waals surface area contributed by atoms with Crippen molar-refractivity contribution in [1.29, 1.82) is 0 Å². The second-order valence-corrected chi connectivity index (χ2v) is 5.65. The summed E-state index contributed by atoms with van der Waals surface area (Å²) in [7, 11) is 1.85. The second-order valence-electron chi connectivity index (χ2n) is 5.65. The molecule has 1 saturated carbocycles. The highest BCUT2D eigenvalue weighted by Gasteiger charge is 2.29. The molecule has 1 heterocycles. The molecule has 0 spiro atoms. The Bertz CT molecular complexity index is 644. The normalized spacial score (nSPS) is 15.7. The summed E-state index contributed by atoms with van der Waals surface area (Å²) in [4.78, 5) is 14.7. The second kappa shape index (κ2) is 5.85. The van der Waals surface area contributed by atoms with Gasteiger partial charge in [-0.15, -0.1) is 0 Å². The lowest BCUT2D eigenvalue weighted by atomic mass is 10.1. The summed E-state index contributed by atoms with van der Waals surface area (Å²) in [6.45, 7) is 0.376. The fourth-order valence-electron chi connectivity index (χ4n) is 3.28. The molecule has 1 aliphatic carbocycles. The molecule has 1 aromatic carbocycles. The maximum Gasteiger partial charge on any atom is 0.275 e. The van der Waals surface area contributed by atoms with Crippen LogP contribution in [-0.2, 0) is 7.05 Å². The number of aliphatic hydroxyl groups is 1. The summed E-state index contributed by atoms with van der Waals surface area (Å²) in [5.74, 6) is -0.0623. The third kappa shape index (κ3) is 2.53. The molecule has 5 nitrogen and oxygen atoms in total. The third-order valence-electron chi connectivity index (χ3n) is 4.33. The van der Waals surface area contributed by atoms with Crippen LogP contribution in [0, 0.1) is 0 Å². The van der Waals surface area contributed by atoms with E-state index in [0.29, 0.717) is 12.2 Å². The third-order valence-corrected chi connectivity index (χ3v) is 4.33. The van der Waals surface area contributed by atoms with Gasteiger partial charge in [0.05, 0.1) is 12.1 Å². The average molecular weight is 287 g/mol. The number of aliphatic hydroxyl groups excluding tert-OH is 1. The first-order valence-electron chi connectivity index (χ1n) is 7.56. The van der Waals surface area contributed by atoms with Crippen LogP contribution in [0.15, 0.2) is 24.3 Å². The van der Waals surface area contributed by atoms with Gasteiger partial charge in [0.15, 0.2) is 5.69 Å². The molecule has 21 heavy (non-hydrogen) atoms. The van der Waals surface area contributed by atoms with Crippen LogP contribution < -0.4 is 0 Å². The van der Waals surface area contributed by atoms with Gasteiger partial charge in [-0.2, -0.15) is 5.10 Å². The summed E-state index contributed by atoms with van der Waals surface area (Å²) in [6, 6.07) is 8.00. The van der Waals surface area contributed by atoms with Crippen molar-refractivity contribution in [2.75, 3.05) is 13.2 Å². The van der Waals surface area contributed by atoms with Crippen LogP contribution in [0.2, 0.25) is 0 Å². The van der Waals surface area contributed by atoms with Crippen LogP contribution in [0.25, 0.3) is 10.9 Å². The van der Waals surface area contributed by atoms with E-state index in [0.717, 1.165) is 36.6 Å². The lowest BCUT2D eigenvalue weighted by Gasteiger charge is -2.27. The van der Waals surface area contributed by atoms with Gasteiger partial charge in [0.25, 0.3) is 5.91 Å².